The fourth-order valence-electron chi connectivity index (χ4n) is 4.79. The number of carbonyl (C=O) groups is 1. The monoisotopic (exact) mass is 461 g/mol. The molecule has 9 nitrogen and oxygen atoms in total. The van der Waals surface area contributed by atoms with E-state index in [-0.39, 0.29) is 17.6 Å². The van der Waals surface area contributed by atoms with Crippen molar-refractivity contribution in [2.45, 2.75) is 31.7 Å². The van der Waals surface area contributed by atoms with Gasteiger partial charge in [0.05, 0.1) is 20.8 Å². The van der Waals surface area contributed by atoms with Crippen molar-refractivity contribution in [3.8, 4) is 17.2 Å². The van der Waals surface area contributed by atoms with Crippen molar-refractivity contribution in [3.63, 3.8) is 0 Å². The number of Topliss-reactive ketones (excluding diaryl/α,β-unsaturated/α-hetero) is 1. The number of ether oxygens (including phenoxy) is 3. The first-order valence-corrected chi connectivity index (χ1v) is 11.2. The highest BCUT2D eigenvalue weighted by molar-refractivity contribution is 6.00. The number of rotatable bonds is 6. The van der Waals surface area contributed by atoms with Gasteiger partial charge in [-0.3, -0.25) is 4.79 Å². The molecule has 0 saturated carbocycles. The molecule has 3 aromatic rings. The minimum Gasteiger partial charge on any atom is -0.494 e. The molecule has 34 heavy (non-hydrogen) atoms. The lowest BCUT2D eigenvalue weighted by molar-refractivity contribution is -0.116. The van der Waals surface area contributed by atoms with E-state index in [0.717, 1.165) is 22.6 Å². The second-order valence-electron chi connectivity index (χ2n) is 8.30. The van der Waals surface area contributed by atoms with Crippen molar-refractivity contribution in [2.24, 2.45) is 0 Å². The van der Waals surface area contributed by atoms with Gasteiger partial charge in [-0.2, -0.15) is 4.98 Å². The quantitative estimate of drug-likeness (QED) is 0.571. The number of nitrogens with zero attached hydrogens (tertiary/aromatic N) is 3. The molecule has 3 N–H and O–H groups in total. The lowest BCUT2D eigenvalue weighted by atomic mass is 9.78. The molecule has 2 aromatic carbocycles. The molecule has 9 heteroatoms. The number of benzene rings is 2. The second-order valence-corrected chi connectivity index (χ2v) is 8.30. The highest BCUT2D eigenvalue weighted by Crippen LogP contribution is 2.45. The van der Waals surface area contributed by atoms with Crippen molar-refractivity contribution < 1.29 is 19.0 Å². The van der Waals surface area contributed by atoms with Crippen molar-refractivity contribution in [2.75, 3.05) is 31.9 Å². The van der Waals surface area contributed by atoms with Crippen LogP contribution >= 0.6 is 0 Å². The zero-order valence-corrected chi connectivity index (χ0v) is 19.4. The zero-order chi connectivity index (χ0) is 23.8. The summed E-state index contributed by atoms with van der Waals surface area (Å²) in [6.07, 6.45) is 1.03. The summed E-state index contributed by atoms with van der Waals surface area (Å²) in [5, 5.41) is 7.70. The molecule has 0 fully saturated rings. The predicted octanol–water partition coefficient (Wildman–Crippen LogP) is 3.69. The zero-order valence-electron chi connectivity index (χ0n) is 19.4. The molecule has 176 valence electrons. The van der Waals surface area contributed by atoms with Gasteiger partial charge >= 0.3 is 0 Å². The summed E-state index contributed by atoms with van der Waals surface area (Å²) in [6, 6.07) is 13.1. The maximum Gasteiger partial charge on any atom is 0.241 e. The molecule has 0 amide bonds. The van der Waals surface area contributed by atoms with E-state index in [2.05, 4.69) is 15.4 Å². The molecular weight excluding hydrogens is 434 g/mol. The van der Waals surface area contributed by atoms with E-state index >= 15 is 0 Å². The standard InChI is InChI=1S/C25H27N5O4/c1-4-34-17-8-5-14(6-9-17)23-22-18(27-25-28-24(26)29-30(23)25)11-16(12-19(22)31)15-7-10-20(32-2)21(13-15)33-3/h5-10,13,16,23H,4,11-12H2,1-3H3,(H3,26,27,28,29)/t16-,23+/m1/s1. The minimum absolute atomic E-state index is 0.00800. The number of ketones is 1. The van der Waals surface area contributed by atoms with Gasteiger partial charge in [-0.1, -0.05) is 18.2 Å². The summed E-state index contributed by atoms with van der Waals surface area (Å²) in [6.45, 7) is 2.53. The number of anilines is 2. The molecule has 1 aliphatic carbocycles. The Morgan fingerprint density at radius 3 is 2.50 bits per heavy atom. The molecule has 0 bridgehead atoms. The first-order chi connectivity index (χ1) is 16.5. The lowest BCUT2D eigenvalue weighted by Crippen LogP contribution is -2.33. The predicted molar refractivity (Wildman–Crippen MR) is 127 cm³/mol. The van der Waals surface area contributed by atoms with Crippen LogP contribution in [0.5, 0.6) is 17.2 Å². The highest BCUT2D eigenvalue weighted by Gasteiger charge is 2.39. The van der Waals surface area contributed by atoms with E-state index in [4.69, 9.17) is 19.9 Å². The van der Waals surface area contributed by atoms with Gasteiger partial charge in [0.1, 0.15) is 11.8 Å². The van der Waals surface area contributed by atoms with Crippen LogP contribution in [0.4, 0.5) is 11.9 Å². The summed E-state index contributed by atoms with van der Waals surface area (Å²) in [4.78, 5) is 17.9. The molecule has 2 heterocycles. The molecule has 0 saturated heterocycles. The first kappa shape index (κ1) is 21.8. The van der Waals surface area contributed by atoms with Gasteiger partial charge in [0.25, 0.3) is 0 Å². The van der Waals surface area contributed by atoms with Crippen LogP contribution in [-0.4, -0.2) is 41.4 Å². The smallest absolute Gasteiger partial charge is 0.241 e. The average molecular weight is 462 g/mol. The Kier molecular flexibility index (Phi) is 5.61. The fraction of sp³-hybridized carbons (Fsp3) is 0.320. The Morgan fingerprint density at radius 1 is 1.06 bits per heavy atom. The molecule has 1 aliphatic heterocycles. The molecule has 5 rings (SSSR count). The first-order valence-electron chi connectivity index (χ1n) is 11.2. The third kappa shape index (κ3) is 3.72. The molecule has 2 aliphatic rings. The maximum absolute atomic E-state index is 13.6. The molecule has 2 atom stereocenters. The molecule has 0 unspecified atom stereocenters. The van der Waals surface area contributed by atoms with Gasteiger partial charge in [0, 0.05) is 17.7 Å². The van der Waals surface area contributed by atoms with Crippen molar-refractivity contribution in [1.29, 1.82) is 0 Å². The van der Waals surface area contributed by atoms with Crippen LogP contribution in [0, 0.1) is 0 Å². The summed E-state index contributed by atoms with van der Waals surface area (Å²) in [5.74, 6) is 2.81. The van der Waals surface area contributed by atoms with Gasteiger partial charge in [0.2, 0.25) is 11.9 Å². The maximum atomic E-state index is 13.6. The number of nitrogens with two attached hydrogens (primary N) is 1. The van der Waals surface area contributed by atoms with E-state index in [9.17, 15) is 4.79 Å². The third-order valence-electron chi connectivity index (χ3n) is 6.32. The fourth-order valence-corrected chi connectivity index (χ4v) is 4.79. The van der Waals surface area contributed by atoms with E-state index in [1.807, 2.05) is 49.4 Å². The van der Waals surface area contributed by atoms with Crippen LogP contribution < -0.4 is 25.3 Å². The summed E-state index contributed by atoms with van der Waals surface area (Å²) in [7, 11) is 3.21. The average Bonchev–Trinajstić information content (AvgIpc) is 3.22. The Hall–Kier alpha value is -4.01. The Morgan fingerprint density at radius 2 is 1.79 bits per heavy atom. The largest absolute Gasteiger partial charge is 0.494 e. The number of hydrogen-bond donors (Lipinski definition) is 2. The summed E-state index contributed by atoms with van der Waals surface area (Å²) >= 11 is 0. The highest BCUT2D eigenvalue weighted by atomic mass is 16.5. The van der Waals surface area contributed by atoms with Gasteiger partial charge in [-0.05, 0) is 54.7 Å². The van der Waals surface area contributed by atoms with Gasteiger partial charge in [-0.15, -0.1) is 5.10 Å². The number of hydrogen-bond acceptors (Lipinski definition) is 8. The Balaban J connectivity index is 1.54. The van der Waals surface area contributed by atoms with Crippen LogP contribution in [0.15, 0.2) is 53.7 Å². The van der Waals surface area contributed by atoms with Gasteiger partial charge in [-0.25, -0.2) is 4.68 Å². The van der Waals surface area contributed by atoms with E-state index in [0.29, 0.717) is 42.5 Å². The number of aromatic nitrogens is 3. The Bertz CT molecular complexity index is 1260. The lowest BCUT2D eigenvalue weighted by Gasteiger charge is -2.35. The molecule has 0 spiro atoms. The van der Waals surface area contributed by atoms with Crippen LogP contribution in [0.2, 0.25) is 0 Å². The minimum atomic E-state index is -0.411. The second kappa shape index (κ2) is 8.74. The van der Waals surface area contributed by atoms with Crippen molar-refractivity contribution in [1.82, 2.24) is 14.8 Å². The van der Waals surface area contributed by atoms with E-state index < -0.39 is 6.04 Å². The number of nitrogens with one attached hydrogen (secondary N) is 1. The number of methoxy groups -OCH3 is 2. The number of fused-ring (bicyclic) bond motifs is 1. The molecule has 0 radical (unpaired) electrons. The third-order valence-corrected chi connectivity index (χ3v) is 6.32. The van der Waals surface area contributed by atoms with Crippen LogP contribution in [0.25, 0.3) is 0 Å². The van der Waals surface area contributed by atoms with Gasteiger partial charge < -0.3 is 25.3 Å². The normalized spacial score (nSPS) is 19.2. The van der Waals surface area contributed by atoms with Crippen molar-refractivity contribution in [3.05, 3.63) is 64.9 Å². The Labute approximate surface area is 197 Å². The topological polar surface area (TPSA) is 114 Å². The SMILES string of the molecule is CCOc1ccc([C@H]2C3=C(C[C@@H](c4ccc(OC)c(OC)c4)CC3=O)Nc3nc(N)nn32)cc1. The van der Waals surface area contributed by atoms with Crippen LogP contribution in [0.3, 0.4) is 0 Å². The van der Waals surface area contributed by atoms with E-state index in [1.165, 1.54) is 0 Å². The number of allylic oxidation sites excluding steroid dienone is 2. The summed E-state index contributed by atoms with van der Waals surface area (Å²) < 4.78 is 18.1. The van der Waals surface area contributed by atoms with Crippen molar-refractivity contribution >= 4 is 17.7 Å². The number of nitrogen functional groups attached to an aromatic ring is 1. The number of carbonyl (C=O) groups excluding carboxylic acids is 1. The van der Waals surface area contributed by atoms with E-state index in [1.54, 1.807) is 18.9 Å². The van der Waals surface area contributed by atoms with Gasteiger partial charge in [0.15, 0.2) is 17.3 Å². The van der Waals surface area contributed by atoms with Crippen LogP contribution in [0.1, 0.15) is 42.9 Å². The molecular formula is C25H27N5O4. The van der Waals surface area contributed by atoms with Crippen LogP contribution in [-0.2, 0) is 4.79 Å². The molecule has 1 aromatic heterocycles. The summed E-state index contributed by atoms with van der Waals surface area (Å²) in [5.41, 5.74) is 9.40.